The van der Waals surface area contributed by atoms with Crippen LogP contribution in [0.1, 0.15) is 18.7 Å². The van der Waals surface area contributed by atoms with Crippen molar-refractivity contribution < 1.29 is 19.0 Å². The summed E-state index contributed by atoms with van der Waals surface area (Å²) >= 11 is 7.77. The maximum Gasteiger partial charge on any atom is 0.325 e. The molecule has 0 saturated carbocycles. The molecule has 1 aliphatic heterocycles. The molecule has 10 heteroatoms. The highest BCUT2D eigenvalue weighted by molar-refractivity contribution is 7.98. The second kappa shape index (κ2) is 8.24. The zero-order valence-electron chi connectivity index (χ0n) is 17.3. The molecular formula is C21H20ClN4O4S+. The lowest BCUT2D eigenvalue weighted by atomic mass is 10.0. The Balaban J connectivity index is 2.09. The fourth-order valence-corrected chi connectivity index (χ4v) is 4.45. The van der Waals surface area contributed by atoms with Gasteiger partial charge in [0, 0.05) is 12.0 Å². The van der Waals surface area contributed by atoms with Gasteiger partial charge >= 0.3 is 11.3 Å². The number of amides is 1. The third-order valence-electron chi connectivity index (χ3n) is 5.04. The van der Waals surface area contributed by atoms with Crippen molar-refractivity contribution in [1.82, 2.24) is 10.1 Å². The Kier molecular flexibility index (Phi) is 5.63. The molecule has 1 atom stereocenters. The number of carbonyl (C=O) groups excluding carboxylic acids is 1. The van der Waals surface area contributed by atoms with Gasteiger partial charge in [0.25, 0.3) is 6.17 Å². The van der Waals surface area contributed by atoms with E-state index >= 15 is 0 Å². The summed E-state index contributed by atoms with van der Waals surface area (Å²) in [6.45, 7) is 1.47. The van der Waals surface area contributed by atoms with Crippen molar-refractivity contribution >= 4 is 35.0 Å². The Morgan fingerprint density at radius 1 is 1.26 bits per heavy atom. The molecule has 0 radical (unpaired) electrons. The van der Waals surface area contributed by atoms with E-state index in [0.717, 1.165) is 0 Å². The molecule has 0 bridgehead atoms. The second-order valence-electron chi connectivity index (χ2n) is 6.77. The molecule has 1 aliphatic rings. The van der Waals surface area contributed by atoms with Gasteiger partial charge in [-0.1, -0.05) is 35.5 Å². The maximum atomic E-state index is 13.0. The lowest BCUT2D eigenvalue weighted by Gasteiger charge is -2.31. The van der Waals surface area contributed by atoms with Crippen molar-refractivity contribution in [2.24, 2.45) is 0 Å². The minimum absolute atomic E-state index is 0.214. The van der Waals surface area contributed by atoms with Crippen molar-refractivity contribution in [1.29, 1.82) is 0 Å². The molecule has 0 saturated heterocycles. The molecule has 0 aliphatic carbocycles. The summed E-state index contributed by atoms with van der Waals surface area (Å²) in [6.07, 6.45) is 1.06. The average Bonchev–Trinajstić information content (AvgIpc) is 2.76. The number of thioether (sulfide) groups is 1. The molecule has 2 aromatic carbocycles. The van der Waals surface area contributed by atoms with Crippen molar-refractivity contribution in [3.8, 4) is 22.8 Å². The Hall–Kier alpha value is -3.04. The summed E-state index contributed by atoms with van der Waals surface area (Å²) < 4.78 is 12.4. The van der Waals surface area contributed by atoms with Crippen LogP contribution >= 0.6 is 23.4 Å². The smallest absolute Gasteiger partial charge is 0.325 e. The molecule has 31 heavy (non-hydrogen) atoms. The van der Waals surface area contributed by atoms with Crippen LogP contribution in [-0.4, -0.2) is 36.5 Å². The first-order valence-electron chi connectivity index (χ1n) is 9.32. The SMILES string of the molecule is COc1cc([C@H]2N(C(C)=O)c3ccccc3-c3c(=O)[nH]c(SC)n[n+]32)cc(Cl)c1OC. The number of anilines is 1. The quantitative estimate of drug-likeness (QED) is 0.476. The zero-order valence-corrected chi connectivity index (χ0v) is 18.9. The van der Waals surface area contributed by atoms with Gasteiger partial charge in [-0.2, -0.15) is 0 Å². The minimum atomic E-state index is -0.757. The summed E-state index contributed by atoms with van der Waals surface area (Å²) in [6, 6.07) is 10.7. The van der Waals surface area contributed by atoms with E-state index in [-0.39, 0.29) is 11.5 Å². The fourth-order valence-electron chi connectivity index (χ4n) is 3.79. The highest BCUT2D eigenvalue weighted by Gasteiger charge is 2.45. The molecule has 0 fully saturated rings. The molecule has 2 heterocycles. The van der Waals surface area contributed by atoms with Crippen molar-refractivity contribution in [2.45, 2.75) is 18.2 Å². The fraction of sp³-hybridized carbons (Fsp3) is 0.238. The van der Waals surface area contributed by atoms with Crippen LogP contribution in [0.2, 0.25) is 5.02 Å². The third kappa shape index (κ3) is 3.43. The molecule has 0 spiro atoms. The van der Waals surface area contributed by atoms with Crippen LogP contribution in [-0.2, 0) is 4.79 Å². The van der Waals surface area contributed by atoms with E-state index in [2.05, 4.69) is 10.1 Å². The molecule has 8 nitrogen and oxygen atoms in total. The van der Waals surface area contributed by atoms with Crippen LogP contribution in [0.15, 0.2) is 46.3 Å². The molecule has 4 rings (SSSR count). The summed E-state index contributed by atoms with van der Waals surface area (Å²) in [5.41, 5.74) is 1.88. The predicted octanol–water partition coefficient (Wildman–Crippen LogP) is 3.03. The van der Waals surface area contributed by atoms with Crippen molar-refractivity contribution in [3.05, 3.63) is 57.3 Å². The molecule has 3 aromatic rings. The Morgan fingerprint density at radius 2 is 2.00 bits per heavy atom. The van der Waals surface area contributed by atoms with Crippen LogP contribution in [0, 0.1) is 0 Å². The van der Waals surface area contributed by atoms with Gasteiger partial charge in [0.1, 0.15) is 0 Å². The number of hydrogen-bond acceptors (Lipinski definition) is 6. The minimum Gasteiger partial charge on any atom is -0.493 e. The van der Waals surface area contributed by atoms with E-state index in [9.17, 15) is 9.59 Å². The monoisotopic (exact) mass is 459 g/mol. The molecule has 1 N–H and O–H groups in total. The number of methoxy groups -OCH3 is 2. The summed E-state index contributed by atoms with van der Waals surface area (Å²) in [7, 11) is 3.00. The highest BCUT2D eigenvalue weighted by Crippen LogP contribution is 2.42. The standard InChI is InChI=1S/C21H19ClN4O4S/c1-11(27)25-15-8-6-5-7-13(15)17-19(28)23-21(31-4)24-26(17)20(25)12-9-14(22)18(30-3)16(10-12)29-2/h5-10,20H,1-4H3/p+1/t20-/m0/s1. The topological polar surface area (TPSA) is 88.4 Å². The van der Waals surface area contributed by atoms with Gasteiger partial charge in [-0.3, -0.25) is 14.6 Å². The Morgan fingerprint density at radius 3 is 2.65 bits per heavy atom. The summed E-state index contributed by atoms with van der Waals surface area (Å²) in [4.78, 5) is 30.3. The van der Waals surface area contributed by atoms with Crippen molar-refractivity contribution in [2.75, 3.05) is 25.4 Å². The molecule has 160 valence electrons. The number of hydrogen-bond donors (Lipinski definition) is 1. The second-order valence-corrected chi connectivity index (χ2v) is 7.98. The predicted molar refractivity (Wildman–Crippen MR) is 118 cm³/mol. The van der Waals surface area contributed by atoms with Crippen LogP contribution in [0.4, 0.5) is 5.69 Å². The number of carbonyl (C=O) groups is 1. The zero-order chi connectivity index (χ0) is 22.3. The first-order chi connectivity index (χ1) is 14.9. The Bertz CT molecular complexity index is 1250. The average molecular weight is 460 g/mol. The van der Waals surface area contributed by atoms with Gasteiger partial charge in [-0.05, 0) is 35.2 Å². The number of aromatic amines is 1. The van der Waals surface area contributed by atoms with Crippen LogP contribution in [0.3, 0.4) is 0 Å². The number of fused-ring (bicyclic) bond motifs is 3. The number of nitrogens with zero attached hydrogens (tertiary/aromatic N) is 3. The molecule has 1 amide bonds. The number of benzene rings is 2. The van der Waals surface area contributed by atoms with E-state index in [1.165, 1.54) is 32.9 Å². The van der Waals surface area contributed by atoms with Crippen LogP contribution in [0.25, 0.3) is 11.3 Å². The van der Waals surface area contributed by atoms with E-state index in [0.29, 0.717) is 44.2 Å². The normalized spacial score (nSPS) is 14.6. The molecular weight excluding hydrogens is 440 g/mol. The van der Waals surface area contributed by atoms with Crippen molar-refractivity contribution in [3.63, 3.8) is 0 Å². The van der Waals surface area contributed by atoms with E-state index in [1.54, 1.807) is 33.8 Å². The number of halogens is 1. The van der Waals surface area contributed by atoms with Gasteiger partial charge in [0.2, 0.25) is 11.1 Å². The van der Waals surface area contributed by atoms with E-state index < -0.39 is 6.17 Å². The number of para-hydroxylation sites is 1. The number of H-pyrrole nitrogens is 1. The highest BCUT2D eigenvalue weighted by atomic mass is 35.5. The van der Waals surface area contributed by atoms with E-state index in [4.69, 9.17) is 21.1 Å². The maximum absolute atomic E-state index is 13.0. The van der Waals surface area contributed by atoms with E-state index in [1.807, 2.05) is 18.4 Å². The third-order valence-corrected chi connectivity index (χ3v) is 5.90. The number of ether oxygens (including phenoxy) is 2. The van der Waals surface area contributed by atoms with Gasteiger partial charge in [-0.25, -0.2) is 4.90 Å². The largest absolute Gasteiger partial charge is 0.493 e. The van der Waals surface area contributed by atoms with Gasteiger partial charge in [0.15, 0.2) is 11.5 Å². The summed E-state index contributed by atoms with van der Waals surface area (Å²) in [5.74, 6) is 0.575. The summed E-state index contributed by atoms with van der Waals surface area (Å²) in [5, 5.41) is 5.36. The lowest BCUT2D eigenvalue weighted by Crippen LogP contribution is -2.60. The number of aromatic nitrogens is 3. The van der Waals surface area contributed by atoms with Crippen LogP contribution < -0.4 is 24.6 Å². The van der Waals surface area contributed by atoms with Gasteiger partial charge < -0.3 is 9.47 Å². The number of nitrogens with one attached hydrogen (secondary N) is 1. The molecule has 0 unspecified atom stereocenters. The first kappa shape index (κ1) is 21.2. The molecule has 1 aromatic heterocycles. The van der Waals surface area contributed by atoms with Gasteiger partial charge in [-0.15, -0.1) is 0 Å². The lowest BCUT2D eigenvalue weighted by molar-refractivity contribution is -0.763. The van der Waals surface area contributed by atoms with Gasteiger partial charge in [0.05, 0.1) is 36.1 Å². The Labute approximate surface area is 187 Å². The first-order valence-corrected chi connectivity index (χ1v) is 10.9. The van der Waals surface area contributed by atoms with Crippen LogP contribution in [0.5, 0.6) is 11.5 Å². The number of rotatable bonds is 4.